The highest BCUT2D eigenvalue weighted by Crippen LogP contribution is 2.27. The Morgan fingerprint density at radius 1 is 0.774 bits per heavy atom. The summed E-state index contributed by atoms with van der Waals surface area (Å²) in [6.07, 6.45) is 0.756. The smallest absolute Gasteiger partial charge is 0.376 e. The summed E-state index contributed by atoms with van der Waals surface area (Å²) in [6, 6.07) is 26.3. The van der Waals surface area contributed by atoms with Gasteiger partial charge in [-0.1, -0.05) is 86.6 Å². The van der Waals surface area contributed by atoms with Crippen LogP contribution in [0, 0.1) is 5.92 Å². The van der Waals surface area contributed by atoms with Gasteiger partial charge in [0.2, 0.25) is 0 Å². The Hall–Kier alpha value is -2.45. The van der Waals surface area contributed by atoms with Crippen LogP contribution in [0.1, 0.15) is 19.4 Å². The maximum absolute atomic E-state index is 12.1. The quantitative estimate of drug-likeness (QED) is 0.312. The Bertz CT molecular complexity index is 966. The summed E-state index contributed by atoms with van der Waals surface area (Å²) >= 11 is 0. The molecule has 168 valence electrons. The van der Waals surface area contributed by atoms with Crippen molar-refractivity contribution in [2.75, 3.05) is 0 Å². The van der Waals surface area contributed by atoms with E-state index in [-0.39, 0.29) is 19.2 Å². The van der Waals surface area contributed by atoms with E-state index in [0.29, 0.717) is 5.92 Å². The fourth-order valence-electron chi connectivity index (χ4n) is 2.59. The zero-order chi connectivity index (χ0) is 22.2. The maximum atomic E-state index is 12.1. The van der Waals surface area contributed by atoms with Crippen molar-refractivity contribution in [3.05, 3.63) is 90.5 Å². The van der Waals surface area contributed by atoms with E-state index in [4.69, 9.17) is 0 Å². The van der Waals surface area contributed by atoms with Gasteiger partial charge in [-0.2, -0.15) is 35.1 Å². The van der Waals surface area contributed by atoms with Crippen molar-refractivity contribution in [3.8, 4) is 16.9 Å². The molecule has 3 aromatic carbocycles. The average Bonchev–Trinajstić information content (AvgIpc) is 2.70. The molecule has 3 rings (SSSR count). The number of rotatable bonds is 5. The Morgan fingerprint density at radius 3 is 1.55 bits per heavy atom. The molecule has 0 aliphatic heterocycles. The minimum Gasteiger partial charge on any atom is -0.376 e. The van der Waals surface area contributed by atoms with Crippen LogP contribution in [0.4, 0.5) is 13.2 Å². The lowest BCUT2D eigenvalue weighted by Gasteiger charge is -2.10. The van der Waals surface area contributed by atoms with E-state index in [2.05, 4.69) is 52.7 Å². The molecule has 0 fully saturated rings. The van der Waals surface area contributed by atoms with Gasteiger partial charge in [0.15, 0.2) is 0 Å². The summed E-state index contributed by atoms with van der Waals surface area (Å²) in [5.74, 6) is 0.0514. The molecule has 0 saturated carbocycles. The van der Waals surface area contributed by atoms with Crippen LogP contribution < -0.4 is 4.18 Å². The first-order valence-electron chi connectivity index (χ1n) is 9.28. The molecule has 0 radical (unpaired) electrons. The number of hydrogen-bond acceptors (Lipinski definition) is 3. The molecule has 0 unspecified atom stereocenters. The Morgan fingerprint density at radius 2 is 1.19 bits per heavy atom. The van der Waals surface area contributed by atoms with Gasteiger partial charge in [0.1, 0.15) is 5.75 Å². The van der Waals surface area contributed by atoms with E-state index >= 15 is 0 Å². The van der Waals surface area contributed by atoms with Crippen LogP contribution in [0.25, 0.3) is 11.1 Å². The monoisotopic (exact) mass is 470 g/mol. The Kier molecular flexibility index (Phi) is 10.1. The van der Waals surface area contributed by atoms with Gasteiger partial charge in [-0.15, -0.1) is 0 Å². The highest BCUT2D eigenvalue weighted by atomic mass is 32.2. The second kappa shape index (κ2) is 11.8. The van der Waals surface area contributed by atoms with E-state index in [1.165, 1.54) is 23.3 Å². The van der Waals surface area contributed by atoms with Crippen LogP contribution in [-0.4, -0.2) is 13.9 Å². The predicted molar refractivity (Wildman–Crippen MR) is 123 cm³/mol. The van der Waals surface area contributed by atoms with Gasteiger partial charge in [-0.25, -0.2) is 0 Å². The van der Waals surface area contributed by atoms with Crippen molar-refractivity contribution in [3.63, 3.8) is 0 Å². The highest BCUT2D eigenvalue weighted by molar-refractivity contribution is 7.88. The number of alkyl halides is 3. The molecule has 3 aromatic rings. The first-order valence-corrected chi connectivity index (χ1v) is 10.7. The van der Waals surface area contributed by atoms with Crippen molar-refractivity contribution in [1.29, 1.82) is 0 Å². The van der Waals surface area contributed by atoms with Crippen molar-refractivity contribution in [1.82, 2.24) is 0 Å². The lowest BCUT2D eigenvalue weighted by molar-refractivity contribution is -0.0500. The standard InChI is InChI=1S/C12H10.C11H13F3O3S.H2S/c1-3-7-11(8-4-1)12-9-5-2-6-10-12;1-8(2)7-9-3-5-10(6-4-9)17-18(15,16)11(12,13)14;/h1-10H;3-6,8H,7H2,1-2H3;1H2. The molecular weight excluding hydrogens is 445 g/mol. The predicted octanol–water partition coefficient (Wildman–Crippen LogP) is 6.58. The van der Waals surface area contributed by atoms with Crippen molar-refractivity contribution >= 4 is 23.6 Å². The molecule has 8 heteroatoms. The van der Waals surface area contributed by atoms with Crippen LogP contribution in [0.2, 0.25) is 0 Å². The minimum absolute atomic E-state index is 0. The third kappa shape index (κ3) is 8.67. The van der Waals surface area contributed by atoms with Crippen LogP contribution in [-0.2, 0) is 16.5 Å². The molecule has 0 N–H and O–H groups in total. The van der Waals surface area contributed by atoms with Crippen molar-refractivity contribution in [2.45, 2.75) is 25.8 Å². The summed E-state index contributed by atoms with van der Waals surface area (Å²) < 4.78 is 61.6. The molecule has 31 heavy (non-hydrogen) atoms. The number of benzene rings is 3. The summed E-state index contributed by atoms with van der Waals surface area (Å²) in [6.45, 7) is 4.00. The van der Waals surface area contributed by atoms with Gasteiger partial charge in [0, 0.05) is 0 Å². The van der Waals surface area contributed by atoms with E-state index < -0.39 is 15.6 Å². The fraction of sp³-hybridized carbons (Fsp3) is 0.217. The van der Waals surface area contributed by atoms with Gasteiger partial charge in [0.25, 0.3) is 0 Å². The molecule has 0 saturated heterocycles. The van der Waals surface area contributed by atoms with Crippen LogP contribution in [0.5, 0.6) is 5.75 Å². The third-order valence-corrected chi connectivity index (χ3v) is 4.92. The third-order valence-electron chi connectivity index (χ3n) is 3.94. The second-order valence-electron chi connectivity index (χ2n) is 6.96. The zero-order valence-electron chi connectivity index (χ0n) is 17.1. The van der Waals surface area contributed by atoms with Crippen LogP contribution in [0.15, 0.2) is 84.9 Å². The van der Waals surface area contributed by atoms with E-state index in [9.17, 15) is 21.6 Å². The summed E-state index contributed by atoms with van der Waals surface area (Å²) in [4.78, 5) is 0. The van der Waals surface area contributed by atoms with Gasteiger partial charge >= 0.3 is 15.6 Å². The lowest BCUT2D eigenvalue weighted by Crippen LogP contribution is -2.28. The number of halogens is 3. The molecule has 0 atom stereocenters. The van der Waals surface area contributed by atoms with Gasteiger partial charge in [-0.05, 0) is 41.2 Å². The fourth-order valence-corrected chi connectivity index (χ4v) is 3.05. The summed E-state index contributed by atoms with van der Waals surface area (Å²) in [7, 11) is -5.59. The Labute approximate surface area is 188 Å². The van der Waals surface area contributed by atoms with E-state index in [1.54, 1.807) is 12.1 Å². The van der Waals surface area contributed by atoms with Crippen molar-refractivity contribution in [2.24, 2.45) is 5.92 Å². The summed E-state index contributed by atoms with van der Waals surface area (Å²) in [5.41, 5.74) is -1.96. The van der Waals surface area contributed by atoms with Crippen LogP contribution >= 0.6 is 13.5 Å². The molecule has 0 amide bonds. The first-order chi connectivity index (χ1) is 14.1. The van der Waals surface area contributed by atoms with Gasteiger partial charge in [0.05, 0.1) is 0 Å². The molecule has 0 heterocycles. The summed E-state index contributed by atoms with van der Waals surface area (Å²) in [5, 5.41) is 0. The van der Waals surface area contributed by atoms with Crippen LogP contribution in [0.3, 0.4) is 0 Å². The minimum atomic E-state index is -5.59. The molecule has 0 spiro atoms. The lowest BCUT2D eigenvalue weighted by atomic mass is 10.0. The topological polar surface area (TPSA) is 43.4 Å². The van der Waals surface area contributed by atoms with Gasteiger partial charge in [-0.3, -0.25) is 0 Å². The molecule has 0 aliphatic rings. The van der Waals surface area contributed by atoms with E-state index in [1.807, 2.05) is 26.0 Å². The largest absolute Gasteiger partial charge is 0.534 e. The molecule has 0 aliphatic carbocycles. The van der Waals surface area contributed by atoms with Crippen molar-refractivity contribution < 1.29 is 25.8 Å². The molecule has 0 bridgehead atoms. The maximum Gasteiger partial charge on any atom is 0.534 e. The average molecular weight is 471 g/mol. The van der Waals surface area contributed by atoms with Gasteiger partial charge < -0.3 is 4.18 Å². The normalized spacial score (nSPS) is 11.2. The Balaban J connectivity index is 0.000000321. The molecule has 3 nitrogen and oxygen atoms in total. The van der Waals surface area contributed by atoms with E-state index in [0.717, 1.165) is 12.0 Å². The second-order valence-corrected chi connectivity index (χ2v) is 8.49. The number of hydrogen-bond donors (Lipinski definition) is 0. The SMILES string of the molecule is CC(C)Cc1ccc(OS(=O)(=O)C(F)(F)F)cc1.S.c1ccc(-c2ccccc2)cc1. The zero-order valence-corrected chi connectivity index (χ0v) is 19.0. The molecule has 0 aromatic heterocycles. The highest BCUT2D eigenvalue weighted by Gasteiger charge is 2.48. The first kappa shape index (κ1) is 26.6. The molecular formula is C23H25F3O3S2.